The van der Waals surface area contributed by atoms with Crippen molar-refractivity contribution in [3.63, 3.8) is 0 Å². The minimum Gasteiger partial charge on any atom is -0.507 e. The van der Waals surface area contributed by atoms with Gasteiger partial charge in [0.15, 0.2) is 0 Å². The number of carbonyl (C=O) groups excluding carboxylic acids is 1. The van der Waals surface area contributed by atoms with Crippen LogP contribution in [0.2, 0.25) is 0 Å². The van der Waals surface area contributed by atoms with Crippen LogP contribution >= 0.6 is 0 Å². The Labute approximate surface area is 121 Å². The van der Waals surface area contributed by atoms with E-state index in [1.165, 1.54) is 24.3 Å². The molecule has 0 saturated heterocycles. The number of hydrogen-bond donors (Lipinski definition) is 2. The number of amides is 1. The number of phenolic OH excluding ortho intramolecular Hbond substituents is 1. The first-order valence-electron chi connectivity index (χ1n) is 6.20. The van der Waals surface area contributed by atoms with Crippen molar-refractivity contribution >= 4 is 27.3 Å². The summed E-state index contributed by atoms with van der Waals surface area (Å²) in [4.78, 5) is 11.5. The quantitative estimate of drug-likeness (QED) is 0.881. The maximum Gasteiger partial charge on any atom is 0.268 e. The monoisotopic (exact) mass is 304 g/mol. The molecule has 108 valence electrons. The smallest absolute Gasteiger partial charge is 0.268 e. The van der Waals surface area contributed by atoms with Gasteiger partial charge in [0.1, 0.15) is 17.2 Å². The number of nitrogens with one attached hydrogen (secondary N) is 1. The van der Waals surface area contributed by atoms with Crippen LogP contribution in [0.25, 0.3) is 0 Å². The summed E-state index contributed by atoms with van der Waals surface area (Å²) in [5.74, 6) is -0.770. The number of hydrogen-bond acceptors (Lipinski definition) is 4. The SMILES string of the molecule is O=C1CN(S(=O)(=O)c2ccccc2O)c2ccccc2N1. The van der Waals surface area contributed by atoms with Gasteiger partial charge in [0, 0.05) is 0 Å². The Balaban J connectivity index is 2.16. The molecular weight excluding hydrogens is 292 g/mol. The number of para-hydroxylation sites is 3. The molecule has 2 aromatic carbocycles. The summed E-state index contributed by atoms with van der Waals surface area (Å²) in [5, 5.41) is 12.4. The molecule has 2 aromatic rings. The maximum atomic E-state index is 12.7. The first kappa shape index (κ1) is 13.4. The van der Waals surface area contributed by atoms with E-state index >= 15 is 0 Å². The van der Waals surface area contributed by atoms with E-state index in [2.05, 4.69) is 5.32 Å². The molecule has 0 saturated carbocycles. The molecule has 0 fully saturated rings. The van der Waals surface area contributed by atoms with Gasteiger partial charge >= 0.3 is 0 Å². The second-order valence-electron chi connectivity index (χ2n) is 4.54. The van der Waals surface area contributed by atoms with Crippen LogP contribution in [-0.4, -0.2) is 26.0 Å². The second-order valence-corrected chi connectivity index (χ2v) is 6.38. The minimum absolute atomic E-state index is 0.227. The molecule has 0 atom stereocenters. The van der Waals surface area contributed by atoms with Crippen LogP contribution in [0.4, 0.5) is 11.4 Å². The number of benzene rings is 2. The van der Waals surface area contributed by atoms with Crippen molar-refractivity contribution in [1.82, 2.24) is 0 Å². The average Bonchev–Trinajstić information content (AvgIpc) is 2.46. The Morgan fingerprint density at radius 2 is 1.71 bits per heavy atom. The molecule has 0 unspecified atom stereocenters. The van der Waals surface area contributed by atoms with E-state index in [-0.39, 0.29) is 17.2 Å². The van der Waals surface area contributed by atoms with Crippen molar-refractivity contribution in [2.75, 3.05) is 16.2 Å². The zero-order chi connectivity index (χ0) is 15.0. The normalized spacial score (nSPS) is 14.5. The zero-order valence-electron chi connectivity index (χ0n) is 10.9. The van der Waals surface area contributed by atoms with Crippen LogP contribution < -0.4 is 9.62 Å². The molecule has 0 bridgehead atoms. The number of phenols is 1. The standard InChI is InChI=1S/C14H12N2O4S/c17-12-7-3-4-8-13(12)21(19,20)16-9-14(18)15-10-5-1-2-6-11(10)16/h1-8,17H,9H2,(H,15,18). The fraction of sp³-hybridized carbons (Fsp3) is 0.0714. The molecule has 3 rings (SSSR count). The lowest BCUT2D eigenvalue weighted by Gasteiger charge is -2.30. The number of anilines is 2. The summed E-state index contributed by atoms with van der Waals surface area (Å²) in [6.45, 7) is -0.326. The Bertz CT molecular complexity index is 817. The topological polar surface area (TPSA) is 86.7 Å². The number of fused-ring (bicyclic) bond motifs is 1. The predicted octanol–water partition coefficient (Wildman–Crippen LogP) is 1.54. The molecule has 7 heteroatoms. The van der Waals surface area contributed by atoms with E-state index < -0.39 is 15.9 Å². The van der Waals surface area contributed by atoms with Crippen LogP contribution in [0.15, 0.2) is 53.4 Å². The Morgan fingerprint density at radius 3 is 2.48 bits per heavy atom. The average molecular weight is 304 g/mol. The Hall–Kier alpha value is -2.54. The van der Waals surface area contributed by atoms with Gasteiger partial charge in [0.05, 0.1) is 11.4 Å². The lowest BCUT2D eigenvalue weighted by Crippen LogP contribution is -2.42. The number of nitrogens with zero attached hydrogens (tertiary/aromatic N) is 1. The van der Waals surface area contributed by atoms with Crippen molar-refractivity contribution in [3.05, 3.63) is 48.5 Å². The van der Waals surface area contributed by atoms with Crippen molar-refractivity contribution < 1.29 is 18.3 Å². The van der Waals surface area contributed by atoms with Crippen molar-refractivity contribution in [1.29, 1.82) is 0 Å². The van der Waals surface area contributed by atoms with Gasteiger partial charge in [0.2, 0.25) is 5.91 Å². The van der Waals surface area contributed by atoms with Crippen LogP contribution in [0, 0.1) is 0 Å². The molecular formula is C14H12N2O4S. The van der Waals surface area contributed by atoms with Crippen LogP contribution in [0.1, 0.15) is 0 Å². The first-order valence-corrected chi connectivity index (χ1v) is 7.64. The fourth-order valence-corrected chi connectivity index (χ4v) is 3.74. The van der Waals surface area contributed by atoms with Gasteiger partial charge in [-0.25, -0.2) is 8.42 Å². The molecule has 0 spiro atoms. The summed E-state index contributed by atoms with van der Waals surface area (Å²) >= 11 is 0. The van der Waals surface area contributed by atoms with E-state index in [9.17, 15) is 18.3 Å². The molecule has 2 N–H and O–H groups in total. The molecule has 6 nitrogen and oxygen atoms in total. The summed E-state index contributed by atoms with van der Waals surface area (Å²) in [6.07, 6.45) is 0. The zero-order valence-corrected chi connectivity index (χ0v) is 11.7. The molecule has 21 heavy (non-hydrogen) atoms. The van der Waals surface area contributed by atoms with Gasteiger partial charge in [-0.1, -0.05) is 24.3 Å². The molecule has 0 radical (unpaired) electrons. The maximum absolute atomic E-state index is 12.7. The summed E-state index contributed by atoms with van der Waals surface area (Å²) in [5.41, 5.74) is 0.799. The largest absolute Gasteiger partial charge is 0.507 e. The van der Waals surface area contributed by atoms with Crippen LogP contribution in [-0.2, 0) is 14.8 Å². The third kappa shape index (κ3) is 2.21. The summed E-state index contributed by atoms with van der Waals surface area (Å²) in [7, 11) is -4.02. The third-order valence-corrected chi connectivity index (χ3v) is 4.97. The highest BCUT2D eigenvalue weighted by Crippen LogP contribution is 2.35. The fourth-order valence-electron chi connectivity index (χ4n) is 2.21. The van der Waals surface area contributed by atoms with Crippen LogP contribution in [0.3, 0.4) is 0 Å². The molecule has 0 aliphatic carbocycles. The predicted molar refractivity (Wildman–Crippen MR) is 77.7 cm³/mol. The third-order valence-electron chi connectivity index (χ3n) is 3.17. The molecule has 1 aliphatic rings. The first-order chi connectivity index (χ1) is 10.00. The van der Waals surface area contributed by atoms with Gasteiger partial charge in [-0.05, 0) is 24.3 Å². The van der Waals surface area contributed by atoms with Gasteiger partial charge in [-0.2, -0.15) is 0 Å². The highest BCUT2D eigenvalue weighted by atomic mass is 32.2. The lowest BCUT2D eigenvalue weighted by molar-refractivity contribution is -0.115. The van der Waals surface area contributed by atoms with Crippen molar-refractivity contribution in [2.45, 2.75) is 4.90 Å². The van der Waals surface area contributed by atoms with Crippen LogP contribution in [0.5, 0.6) is 5.75 Å². The molecule has 0 aromatic heterocycles. The van der Waals surface area contributed by atoms with Gasteiger partial charge in [-0.3, -0.25) is 9.10 Å². The lowest BCUT2D eigenvalue weighted by atomic mass is 10.2. The number of sulfonamides is 1. The molecule has 1 heterocycles. The highest BCUT2D eigenvalue weighted by Gasteiger charge is 2.33. The second kappa shape index (κ2) is 4.78. The van der Waals surface area contributed by atoms with E-state index in [0.717, 1.165) is 4.31 Å². The number of aromatic hydroxyl groups is 1. The summed E-state index contributed by atoms with van der Waals surface area (Å²) in [6, 6.07) is 12.3. The van der Waals surface area contributed by atoms with Gasteiger partial charge in [0.25, 0.3) is 10.0 Å². The van der Waals surface area contributed by atoms with E-state index in [1.54, 1.807) is 24.3 Å². The number of carbonyl (C=O) groups is 1. The summed E-state index contributed by atoms with van der Waals surface area (Å²) < 4.78 is 26.4. The van der Waals surface area contributed by atoms with Crippen molar-refractivity contribution in [3.8, 4) is 5.75 Å². The number of rotatable bonds is 2. The highest BCUT2D eigenvalue weighted by molar-refractivity contribution is 7.93. The van der Waals surface area contributed by atoms with Crippen molar-refractivity contribution in [2.24, 2.45) is 0 Å². The van der Waals surface area contributed by atoms with E-state index in [4.69, 9.17) is 0 Å². The Morgan fingerprint density at radius 1 is 1.05 bits per heavy atom. The van der Waals surface area contributed by atoms with Gasteiger partial charge in [-0.15, -0.1) is 0 Å². The minimum atomic E-state index is -4.02. The van der Waals surface area contributed by atoms with E-state index in [0.29, 0.717) is 11.4 Å². The molecule has 1 aliphatic heterocycles. The van der Waals surface area contributed by atoms with Gasteiger partial charge < -0.3 is 10.4 Å². The van der Waals surface area contributed by atoms with E-state index in [1.807, 2.05) is 0 Å². The Kier molecular flexibility index (Phi) is 3.06. The molecule has 1 amide bonds.